The van der Waals surface area contributed by atoms with E-state index < -0.39 is 16.5 Å². The summed E-state index contributed by atoms with van der Waals surface area (Å²) in [5.74, 6) is -0.213. The number of nitrogens with zero attached hydrogens (tertiary/aromatic N) is 2. The van der Waals surface area contributed by atoms with Gasteiger partial charge >= 0.3 is 5.63 Å². The van der Waals surface area contributed by atoms with Crippen LogP contribution < -0.4 is 25.9 Å². The third-order valence-corrected chi connectivity index (χ3v) is 6.62. The van der Waals surface area contributed by atoms with Gasteiger partial charge in [-0.25, -0.2) is 4.79 Å². The lowest BCUT2D eigenvalue weighted by molar-refractivity contribution is -0.384. The average molecular weight is 561 g/mol. The van der Waals surface area contributed by atoms with Crippen LogP contribution in [0.25, 0.3) is 22.1 Å². The van der Waals surface area contributed by atoms with E-state index in [1.54, 1.807) is 42.5 Å². The largest absolute Gasteiger partial charge is 0.495 e. The van der Waals surface area contributed by atoms with E-state index in [0.29, 0.717) is 60.1 Å². The van der Waals surface area contributed by atoms with Gasteiger partial charge in [0.1, 0.15) is 17.0 Å². The lowest BCUT2D eigenvalue weighted by Gasteiger charge is -2.28. The fraction of sp³-hybridized carbons (Fsp3) is 0.179. The summed E-state index contributed by atoms with van der Waals surface area (Å²) in [5, 5.41) is 17.9. The summed E-state index contributed by atoms with van der Waals surface area (Å²) in [6, 6.07) is 18.2. The summed E-state index contributed by atoms with van der Waals surface area (Å²) in [6.07, 6.45) is 0. The second kappa shape index (κ2) is 11.5. The van der Waals surface area contributed by atoms with Crippen molar-refractivity contribution in [2.45, 2.75) is 0 Å². The lowest BCUT2D eigenvalue weighted by atomic mass is 10.0. The molecule has 0 atom stereocenters. The molecule has 0 unspecified atom stereocenters. The van der Waals surface area contributed by atoms with Gasteiger partial charge < -0.3 is 24.1 Å². The molecule has 0 bridgehead atoms. The molecule has 5 rings (SSSR count). The first-order valence-corrected chi connectivity index (χ1v) is 12.7. The van der Waals surface area contributed by atoms with E-state index in [9.17, 15) is 19.7 Å². The average Bonchev–Trinajstić information content (AvgIpc) is 2.96. The third-order valence-electron chi connectivity index (χ3n) is 6.41. The monoisotopic (exact) mass is 560 g/mol. The zero-order valence-electron chi connectivity index (χ0n) is 21.3. The highest BCUT2D eigenvalue weighted by molar-refractivity contribution is 7.80. The minimum absolute atomic E-state index is 0.0640. The minimum atomic E-state index is -0.626. The highest BCUT2D eigenvalue weighted by Gasteiger charge is 2.24. The second-order valence-electron chi connectivity index (χ2n) is 8.87. The fourth-order valence-electron chi connectivity index (χ4n) is 4.45. The van der Waals surface area contributed by atoms with Crippen LogP contribution in [-0.2, 0) is 4.74 Å². The summed E-state index contributed by atoms with van der Waals surface area (Å²) < 4.78 is 16.2. The lowest BCUT2D eigenvalue weighted by Crippen LogP contribution is -2.37. The number of rotatable bonds is 6. The van der Waals surface area contributed by atoms with Crippen LogP contribution in [0.2, 0.25) is 0 Å². The summed E-state index contributed by atoms with van der Waals surface area (Å²) in [4.78, 5) is 38.7. The van der Waals surface area contributed by atoms with Gasteiger partial charge in [0.15, 0.2) is 5.11 Å². The Bertz CT molecular complexity index is 1680. The molecule has 204 valence electrons. The van der Waals surface area contributed by atoms with Crippen LogP contribution in [0.15, 0.2) is 75.9 Å². The van der Waals surface area contributed by atoms with Gasteiger partial charge in [0, 0.05) is 30.1 Å². The number of para-hydroxylation sites is 1. The number of anilines is 2. The number of nitro groups is 1. The first-order valence-electron chi connectivity index (χ1n) is 12.3. The Labute approximate surface area is 233 Å². The van der Waals surface area contributed by atoms with Gasteiger partial charge in [-0.3, -0.25) is 20.2 Å². The molecule has 1 fully saturated rings. The van der Waals surface area contributed by atoms with Crippen molar-refractivity contribution in [2.24, 2.45) is 0 Å². The number of methoxy groups -OCH3 is 1. The molecule has 0 spiro atoms. The topological polar surface area (TPSA) is 136 Å². The number of morpholine rings is 1. The maximum absolute atomic E-state index is 12.9. The molecule has 2 N–H and O–H groups in total. The van der Waals surface area contributed by atoms with Crippen LogP contribution in [0.4, 0.5) is 17.1 Å². The number of hydrogen-bond acceptors (Lipinski definition) is 9. The summed E-state index contributed by atoms with van der Waals surface area (Å²) in [6.45, 7) is 1.97. The predicted octanol–water partition coefficient (Wildman–Crippen LogP) is 4.34. The van der Waals surface area contributed by atoms with E-state index in [-0.39, 0.29) is 16.4 Å². The van der Waals surface area contributed by atoms with Crippen molar-refractivity contribution in [3.63, 3.8) is 0 Å². The van der Waals surface area contributed by atoms with Gasteiger partial charge in [-0.1, -0.05) is 24.3 Å². The Morgan fingerprint density at radius 2 is 1.85 bits per heavy atom. The van der Waals surface area contributed by atoms with E-state index in [1.165, 1.54) is 19.2 Å². The molecular formula is C28H24N4O7S. The van der Waals surface area contributed by atoms with Crippen molar-refractivity contribution in [1.29, 1.82) is 0 Å². The number of amides is 1. The molecule has 11 nitrogen and oxygen atoms in total. The Morgan fingerprint density at radius 1 is 1.07 bits per heavy atom. The Hall–Kier alpha value is -4.81. The normalized spacial score (nSPS) is 13.1. The minimum Gasteiger partial charge on any atom is -0.495 e. The SMILES string of the molecule is COc1ccc(-c2cc3ccccc3oc2=O)cc1NC(=S)NC(=O)c1ccc(N2CCOCC2)c([N+](=O)[O-])c1. The zero-order valence-corrected chi connectivity index (χ0v) is 22.2. The maximum Gasteiger partial charge on any atom is 0.344 e. The van der Waals surface area contributed by atoms with Crippen molar-refractivity contribution in [3.05, 3.63) is 92.8 Å². The van der Waals surface area contributed by atoms with Crippen LogP contribution in [0.1, 0.15) is 10.4 Å². The van der Waals surface area contributed by atoms with Gasteiger partial charge in [-0.05, 0) is 54.2 Å². The van der Waals surface area contributed by atoms with Crippen LogP contribution in [-0.4, -0.2) is 49.4 Å². The molecule has 1 amide bonds. The fourth-order valence-corrected chi connectivity index (χ4v) is 4.65. The molecule has 1 saturated heterocycles. The highest BCUT2D eigenvalue weighted by atomic mass is 32.1. The van der Waals surface area contributed by atoms with Crippen molar-refractivity contribution >= 4 is 51.3 Å². The Morgan fingerprint density at radius 3 is 2.60 bits per heavy atom. The number of benzene rings is 3. The molecule has 0 saturated carbocycles. The number of thiocarbonyl (C=S) groups is 1. The van der Waals surface area contributed by atoms with Crippen molar-refractivity contribution in [3.8, 4) is 16.9 Å². The van der Waals surface area contributed by atoms with E-state index in [1.807, 2.05) is 17.0 Å². The smallest absolute Gasteiger partial charge is 0.344 e. The predicted molar refractivity (Wildman–Crippen MR) is 154 cm³/mol. The molecule has 4 aromatic rings. The van der Waals surface area contributed by atoms with E-state index in [2.05, 4.69) is 10.6 Å². The van der Waals surface area contributed by atoms with Crippen molar-refractivity contribution in [2.75, 3.05) is 43.6 Å². The maximum atomic E-state index is 12.9. The number of carbonyl (C=O) groups is 1. The molecule has 12 heteroatoms. The molecule has 1 aromatic heterocycles. The quantitative estimate of drug-likeness (QED) is 0.152. The summed E-state index contributed by atoms with van der Waals surface area (Å²) in [5.41, 5.74) is 1.56. The van der Waals surface area contributed by atoms with Gasteiger partial charge in [-0.15, -0.1) is 0 Å². The first-order chi connectivity index (χ1) is 19.3. The Kier molecular flexibility index (Phi) is 7.71. The Balaban J connectivity index is 1.36. The molecule has 40 heavy (non-hydrogen) atoms. The van der Waals surface area contributed by atoms with E-state index in [4.69, 9.17) is 26.1 Å². The number of nitro benzene ring substituents is 1. The van der Waals surface area contributed by atoms with Crippen LogP contribution in [0.3, 0.4) is 0 Å². The zero-order chi connectivity index (χ0) is 28.2. The van der Waals surface area contributed by atoms with Crippen LogP contribution in [0.5, 0.6) is 5.75 Å². The number of nitrogens with one attached hydrogen (secondary N) is 2. The molecular weight excluding hydrogens is 536 g/mol. The number of fused-ring (bicyclic) bond motifs is 1. The van der Waals surface area contributed by atoms with Crippen molar-refractivity contribution < 1.29 is 23.6 Å². The van der Waals surface area contributed by atoms with Gasteiger partial charge in [0.2, 0.25) is 0 Å². The summed E-state index contributed by atoms with van der Waals surface area (Å²) in [7, 11) is 1.47. The molecule has 1 aliphatic heterocycles. The molecule has 0 radical (unpaired) electrons. The number of ether oxygens (including phenoxy) is 2. The number of carbonyl (C=O) groups excluding carboxylic acids is 1. The standard InChI is InChI=1S/C28H24N4O7S/c1-37-25-9-7-17(20-14-18-4-2-3-5-24(18)39-27(20)34)15-21(25)29-28(40)30-26(33)19-6-8-22(23(16-19)32(35)36)31-10-12-38-13-11-31/h2-9,14-16H,10-13H2,1H3,(H2,29,30,33,40). The number of hydrogen-bond donors (Lipinski definition) is 2. The van der Waals surface area contributed by atoms with Crippen LogP contribution >= 0.6 is 12.2 Å². The highest BCUT2D eigenvalue weighted by Crippen LogP contribution is 2.32. The van der Waals surface area contributed by atoms with Crippen molar-refractivity contribution in [1.82, 2.24) is 5.32 Å². The molecule has 1 aliphatic rings. The van der Waals surface area contributed by atoms with Gasteiger partial charge in [0.25, 0.3) is 11.6 Å². The third kappa shape index (κ3) is 5.63. The first kappa shape index (κ1) is 26.8. The van der Waals surface area contributed by atoms with Crippen LogP contribution in [0, 0.1) is 10.1 Å². The van der Waals surface area contributed by atoms with Gasteiger partial charge in [0.05, 0.1) is 36.5 Å². The molecule has 0 aliphatic carbocycles. The molecule has 2 heterocycles. The summed E-state index contributed by atoms with van der Waals surface area (Å²) >= 11 is 5.35. The second-order valence-corrected chi connectivity index (χ2v) is 9.28. The van der Waals surface area contributed by atoms with E-state index >= 15 is 0 Å². The molecule has 3 aromatic carbocycles. The van der Waals surface area contributed by atoms with Gasteiger partial charge in [-0.2, -0.15) is 0 Å². The van der Waals surface area contributed by atoms with E-state index in [0.717, 1.165) is 5.39 Å².